The molecule has 28 nitrogen and oxygen atoms in total. The summed E-state index contributed by atoms with van der Waals surface area (Å²) in [4.78, 5) is 99.4. The van der Waals surface area contributed by atoms with Crippen LogP contribution < -0.4 is 22.5 Å². The standard InChI is InChI=1S/C41H47FN10O18P2/c42-23-8-4-21(5-9-23)15-29(53)48-24-10-6-22(7-11-24)16-64-41(58)50-13-2-1-3-25(50)39(56)69-33-26(67-38(31(33)54)52-20-47-30-35(44)45-19-46-36(30)52)18-66-72(62,63)70-34-27(17-65-71(59,60)61)68-37(32(34)55)51-14-12-28(43)49-40(51)57/h4-12,14,19-20,25-27,31-34,37-38,54-55H,1-3,13,15-18H2,(H,48,53)(H,62,63)(H2,43,49,57)(H2,44,45,46)(H2,59,60,61)/t25-,26+,27+,31?,32+,33?,34+,37+,38+/m0/s1. The average molecular weight is 1050 g/mol. The number of carbonyl (C=O) groups excluding carboxylic acids is 3. The van der Waals surface area contributed by atoms with E-state index in [1.807, 2.05) is 0 Å². The summed E-state index contributed by atoms with van der Waals surface area (Å²) in [7, 11) is -10.7. The molecular formula is C41H47FN10O18P2. The molecule has 2 aromatic carbocycles. The first kappa shape index (κ1) is 52.0. The minimum Gasteiger partial charge on any atom is -0.455 e. The summed E-state index contributed by atoms with van der Waals surface area (Å²) in [5.74, 6) is -2.01. The molecule has 2 amide bonds. The summed E-state index contributed by atoms with van der Waals surface area (Å²) in [5.41, 5.74) is 12.3. The van der Waals surface area contributed by atoms with Gasteiger partial charge in [0.2, 0.25) is 5.91 Å². The van der Waals surface area contributed by atoms with Gasteiger partial charge in [-0.1, -0.05) is 24.3 Å². The van der Waals surface area contributed by atoms with Crippen molar-refractivity contribution >= 4 is 62.1 Å². The number of imidazole rings is 1. The van der Waals surface area contributed by atoms with Crippen LogP contribution in [0.15, 0.2) is 78.2 Å². The largest absolute Gasteiger partial charge is 0.472 e. The molecule has 0 radical (unpaired) electrons. The van der Waals surface area contributed by atoms with Crippen molar-refractivity contribution in [2.45, 2.75) is 87.4 Å². The zero-order valence-electron chi connectivity index (χ0n) is 37.4. The molecule has 10 N–H and O–H groups in total. The van der Waals surface area contributed by atoms with Crippen LogP contribution in [-0.2, 0) is 64.3 Å². The highest BCUT2D eigenvalue weighted by Gasteiger charge is 2.52. The summed E-state index contributed by atoms with van der Waals surface area (Å²) in [5, 5.41) is 25.7. The number of hydrogen-bond donors (Lipinski definition) is 8. The van der Waals surface area contributed by atoms with Crippen LogP contribution in [-0.4, -0.2) is 139 Å². The molecule has 0 spiro atoms. The van der Waals surface area contributed by atoms with Crippen LogP contribution in [0.4, 0.5) is 26.5 Å². The molecule has 3 aromatic heterocycles. The first-order valence-electron chi connectivity index (χ1n) is 21.8. The summed E-state index contributed by atoms with van der Waals surface area (Å²) in [6.45, 7) is -2.18. The first-order valence-corrected chi connectivity index (χ1v) is 24.8. The number of nitrogens with zero attached hydrogens (tertiary/aromatic N) is 7. The number of phosphoric acid groups is 2. The summed E-state index contributed by atoms with van der Waals surface area (Å²) >= 11 is 0. The van der Waals surface area contributed by atoms with E-state index in [0.717, 1.165) is 22.0 Å². The second-order valence-electron chi connectivity index (χ2n) is 16.6. The van der Waals surface area contributed by atoms with Crippen molar-refractivity contribution in [3.8, 4) is 0 Å². The highest BCUT2D eigenvalue weighted by Crippen LogP contribution is 2.50. The smallest absolute Gasteiger partial charge is 0.455 e. The van der Waals surface area contributed by atoms with Gasteiger partial charge >= 0.3 is 33.4 Å². The predicted molar refractivity (Wildman–Crippen MR) is 241 cm³/mol. The highest BCUT2D eigenvalue weighted by molar-refractivity contribution is 7.47. The second-order valence-corrected chi connectivity index (χ2v) is 19.2. The number of piperidine rings is 1. The number of anilines is 3. The van der Waals surface area contributed by atoms with E-state index < -0.39 is 108 Å². The fourth-order valence-electron chi connectivity index (χ4n) is 8.15. The molecular weight excluding hydrogens is 1000 g/mol. The second kappa shape index (κ2) is 21.8. The molecule has 0 bridgehead atoms. The lowest BCUT2D eigenvalue weighted by Gasteiger charge is -2.34. The highest BCUT2D eigenvalue weighted by atomic mass is 31.2. The molecule has 386 valence electrons. The molecule has 8 rings (SSSR count). The number of ether oxygens (including phenoxy) is 4. The summed E-state index contributed by atoms with van der Waals surface area (Å²) in [6, 6.07) is 11.9. The number of aromatic nitrogens is 6. The number of aliphatic hydroxyl groups is 2. The van der Waals surface area contributed by atoms with Gasteiger partial charge in [0.1, 0.15) is 66.6 Å². The Hall–Kier alpha value is -6.33. The van der Waals surface area contributed by atoms with Crippen molar-refractivity contribution in [2.75, 3.05) is 36.5 Å². The number of halogens is 1. The van der Waals surface area contributed by atoms with Gasteiger partial charge in [0.15, 0.2) is 30.0 Å². The summed E-state index contributed by atoms with van der Waals surface area (Å²) < 4.78 is 78.6. The lowest BCUT2D eigenvalue weighted by Crippen LogP contribution is -2.51. The van der Waals surface area contributed by atoms with Gasteiger partial charge in [-0.3, -0.25) is 32.4 Å². The van der Waals surface area contributed by atoms with Crippen LogP contribution in [0.1, 0.15) is 42.8 Å². The number of amides is 2. The predicted octanol–water partition coefficient (Wildman–Crippen LogP) is 0.799. The third-order valence-corrected chi connectivity index (χ3v) is 13.1. The topological polar surface area (TPSA) is 397 Å². The van der Waals surface area contributed by atoms with Crippen LogP contribution in [0.5, 0.6) is 0 Å². The van der Waals surface area contributed by atoms with Crippen LogP contribution >= 0.6 is 15.6 Å². The minimum absolute atomic E-state index is 0.0116. The van der Waals surface area contributed by atoms with Crippen molar-refractivity contribution in [1.82, 2.24) is 34.0 Å². The van der Waals surface area contributed by atoms with Crippen molar-refractivity contribution in [3.05, 3.63) is 101 Å². The Kier molecular flexibility index (Phi) is 15.7. The Bertz CT molecular complexity index is 2930. The van der Waals surface area contributed by atoms with E-state index in [9.17, 15) is 57.6 Å². The Morgan fingerprint density at radius 3 is 2.22 bits per heavy atom. The van der Waals surface area contributed by atoms with Crippen LogP contribution in [0.2, 0.25) is 0 Å². The van der Waals surface area contributed by atoms with E-state index in [1.54, 1.807) is 24.3 Å². The van der Waals surface area contributed by atoms with Crippen LogP contribution in [0.3, 0.4) is 0 Å². The SMILES string of the molecule is Nc1ccn([C@@H]2O[C@H](COP(=O)(O)O)[C@@H](OP(=O)(O)OC[C@H]3O[C@@H](n4cnc5c(N)ncnc54)C(O)C3OC(=O)[C@@H]3CCCCN3C(=O)OCc3ccc(NC(=O)Cc4ccc(F)cc4)cc3)[C@H]2O)c(=O)n1. The maximum Gasteiger partial charge on any atom is 0.472 e. The first-order chi connectivity index (χ1) is 34.2. The fraction of sp³-hybridized carbons (Fsp3) is 0.415. The fourth-order valence-corrected chi connectivity index (χ4v) is 9.46. The number of nitrogens with two attached hydrogens (primary N) is 2. The van der Waals surface area contributed by atoms with E-state index in [4.69, 9.17) is 39.5 Å². The number of fused-ring (bicyclic) bond motifs is 1. The Morgan fingerprint density at radius 2 is 1.51 bits per heavy atom. The van der Waals surface area contributed by atoms with E-state index in [1.165, 1.54) is 41.2 Å². The van der Waals surface area contributed by atoms with Crippen LogP contribution in [0, 0.1) is 5.82 Å². The van der Waals surface area contributed by atoms with Gasteiger partial charge in [0, 0.05) is 18.4 Å². The number of rotatable bonds is 17. The van der Waals surface area contributed by atoms with E-state index >= 15 is 0 Å². The molecule has 0 aliphatic carbocycles. The molecule has 31 heteroatoms. The number of benzene rings is 2. The Morgan fingerprint density at radius 1 is 0.847 bits per heavy atom. The zero-order chi connectivity index (χ0) is 51.5. The number of phosphoric ester groups is 2. The van der Waals surface area contributed by atoms with E-state index in [-0.39, 0.29) is 54.7 Å². The number of nitrogens with one attached hydrogen (secondary N) is 1. The molecule has 3 saturated heterocycles. The monoisotopic (exact) mass is 1050 g/mol. The van der Waals surface area contributed by atoms with E-state index in [0.29, 0.717) is 29.7 Å². The molecule has 10 atom stereocenters. The quantitative estimate of drug-likeness (QED) is 0.0471. The van der Waals surface area contributed by atoms with Gasteiger partial charge < -0.3 is 60.6 Å². The minimum atomic E-state index is -5.45. The lowest BCUT2D eigenvalue weighted by molar-refractivity contribution is -0.163. The zero-order valence-corrected chi connectivity index (χ0v) is 39.2. The number of nitrogen functional groups attached to an aromatic ring is 2. The molecule has 72 heavy (non-hydrogen) atoms. The van der Waals surface area contributed by atoms with Gasteiger partial charge in [0.25, 0.3) is 0 Å². The maximum atomic E-state index is 14.1. The van der Waals surface area contributed by atoms with Crippen molar-refractivity contribution in [3.63, 3.8) is 0 Å². The van der Waals surface area contributed by atoms with Gasteiger partial charge in [0.05, 0.1) is 26.0 Å². The lowest BCUT2D eigenvalue weighted by atomic mass is 10.0. The van der Waals surface area contributed by atoms with E-state index in [2.05, 4.69) is 29.8 Å². The third-order valence-electron chi connectivity index (χ3n) is 11.6. The number of aliphatic hydroxyl groups excluding tert-OH is 2. The molecule has 5 aromatic rings. The molecule has 3 unspecified atom stereocenters. The van der Waals surface area contributed by atoms with Crippen molar-refractivity contribution < 1.29 is 85.3 Å². The average Bonchev–Trinajstić information content (AvgIpc) is 4.00. The number of carbonyl (C=O) groups is 3. The number of likely N-dealkylation sites (tertiary alicyclic amines) is 1. The van der Waals surface area contributed by atoms with Gasteiger partial charge in [-0.25, -0.2) is 42.9 Å². The molecule has 3 fully saturated rings. The number of hydrogen-bond acceptors (Lipinski definition) is 21. The maximum absolute atomic E-state index is 14.1. The van der Waals surface area contributed by atoms with Gasteiger partial charge in [-0.05, 0) is 60.7 Å². The normalized spacial score (nSPS) is 25.2. The molecule has 0 saturated carbocycles. The van der Waals surface area contributed by atoms with Crippen molar-refractivity contribution in [1.29, 1.82) is 0 Å². The van der Waals surface area contributed by atoms with Crippen LogP contribution in [0.25, 0.3) is 11.2 Å². The Balaban J connectivity index is 0.950. The number of esters is 1. The van der Waals surface area contributed by atoms with Crippen molar-refractivity contribution in [2.24, 2.45) is 0 Å². The third kappa shape index (κ3) is 12.3. The molecule has 3 aliphatic rings. The summed E-state index contributed by atoms with van der Waals surface area (Å²) in [6.07, 6.45) is -10.4. The molecule has 6 heterocycles. The van der Waals surface area contributed by atoms with Gasteiger partial charge in [-0.15, -0.1) is 0 Å². The molecule has 3 aliphatic heterocycles. The van der Waals surface area contributed by atoms with Gasteiger partial charge in [-0.2, -0.15) is 4.98 Å². The Labute approximate surface area is 405 Å².